The fourth-order valence-electron chi connectivity index (χ4n) is 1.46. The molecule has 0 fully saturated rings. The van der Waals surface area contributed by atoms with Gasteiger partial charge in [0.2, 0.25) is 5.88 Å². The highest BCUT2D eigenvalue weighted by molar-refractivity contribution is 5.94. The predicted octanol–water partition coefficient (Wildman–Crippen LogP) is 2.03. The number of hydrogen-bond acceptors (Lipinski definition) is 5. The quantitative estimate of drug-likeness (QED) is 0.868. The van der Waals surface area contributed by atoms with Crippen LogP contribution in [0, 0.1) is 11.3 Å². The molecular weight excluding hydrogens is 246 g/mol. The second-order valence-corrected chi connectivity index (χ2v) is 3.62. The van der Waals surface area contributed by atoms with E-state index < -0.39 is 5.97 Å². The smallest absolute Gasteiger partial charge is 0.338 e. The molecule has 0 atom stereocenters. The van der Waals surface area contributed by atoms with Crippen LogP contribution in [0.4, 0.5) is 5.69 Å². The maximum atomic E-state index is 10.9. The molecule has 3 N–H and O–H groups in total. The number of nitriles is 1. The third kappa shape index (κ3) is 2.61. The van der Waals surface area contributed by atoms with Crippen LogP contribution in [0.3, 0.4) is 0 Å². The van der Waals surface area contributed by atoms with Gasteiger partial charge in [-0.3, -0.25) is 0 Å². The number of aromatic nitrogens is 1. The molecular formula is C13H9N3O3. The summed E-state index contributed by atoms with van der Waals surface area (Å²) in [5, 5.41) is 17.7. The summed E-state index contributed by atoms with van der Waals surface area (Å²) in [5.74, 6) is -0.800. The highest BCUT2D eigenvalue weighted by atomic mass is 16.5. The van der Waals surface area contributed by atoms with Gasteiger partial charge in [0, 0.05) is 6.20 Å². The van der Waals surface area contributed by atoms with Gasteiger partial charge in [-0.1, -0.05) is 6.07 Å². The highest BCUT2D eigenvalue weighted by Gasteiger charge is 2.13. The molecule has 0 aliphatic heterocycles. The Labute approximate surface area is 108 Å². The van der Waals surface area contributed by atoms with E-state index in [9.17, 15) is 4.79 Å². The van der Waals surface area contributed by atoms with Crippen LogP contribution in [0.15, 0.2) is 36.5 Å². The van der Waals surface area contributed by atoms with E-state index in [0.29, 0.717) is 11.3 Å². The lowest BCUT2D eigenvalue weighted by molar-refractivity contribution is 0.0697. The molecule has 0 saturated carbocycles. The maximum Gasteiger partial charge on any atom is 0.338 e. The molecule has 1 aromatic carbocycles. The van der Waals surface area contributed by atoms with Crippen LogP contribution in [-0.2, 0) is 0 Å². The third-order valence-corrected chi connectivity index (χ3v) is 2.36. The van der Waals surface area contributed by atoms with Crippen LogP contribution >= 0.6 is 0 Å². The Morgan fingerprint density at radius 1 is 1.42 bits per heavy atom. The second kappa shape index (κ2) is 5.06. The summed E-state index contributed by atoms with van der Waals surface area (Å²) in [4.78, 5) is 14.8. The minimum Gasteiger partial charge on any atom is -0.478 e. The monoisotopic (exact) mass is 255 g/mol. The first-order valence-corrected chi connectivity index (χ1v) is 5.27. The Hall–Kier alpha value is -3.07. The summed E-state index contributed by atoms with van der Waals surface area (Å²) < 4.78 is 5.39. The standard InChI is InChI=1S/C13H9N3O3/c14-7-8-2-1-3-9(6-8)19-12-11(15)10(13(17)18)4-5-16-12/h1-6H,15H2,(H,17,18). The molecule has 6 nitrogen and oxygen atoms in total. The first-order chi connectivity index (χ1) is 9.11. The molecule has 0 aliphatic rings. The SMILES string of the molecule is N#Cc1cccc(Oc2nccc(C(=O)O)c2N)c1. The van der Waals surface area contributed by atoms with Gasteiger partial charge in [-0.2, -0.15) is 5.26 Å². The summed E-state index contributed by atoms with van der Waals surface area (Å²) in [6, 6.07) is 9.65. The molecule has 0 unspecified atom stereocenters. The number of carboxylic acids is 1. The molecule has 0 spiro atoms. The molecule has 1 heterocycles. The van der Waals surface area contributed by atoms with E-state index in [1.807, 2.05) is 6.07 Å². The van der Waals surface area contributed by atoms with E-state index >= 15 is 0 Å². The first-order valence-electron chi connectivity index (χ1n) is 5.27. The number of benzene rings is 1. The summed E-state index contributed by atoms with van der Waals surface area (Å²) in [6.45, 7) is 0. The largest absolute Gasteiger partial charge is 0.478 e. The Morgan fingerprint density at radius 3 is 2.89 bits per heavy atom. The number of hydrogen-bond donors (Lipinski definition) is 2. The van der Waals surface area contributed by atoms with Crippen molar-refractivity contribution in [1.82, 2.24) is 4.98 Å². The topological polar surface area (TPSA) is 109 Å². The van der Waals surface area contributed by atoms with Gasteiger partial charge in [-0.25, -0.2) is 9.78 Å². The Morgan fingerprint density at radius 2 is 2.21 bits per heavy atom. The lowest BCUT2D eigenvalue weighted by Gasteiger charge is -2.08. The zero-order valence-corrected chi connectivity index (χ0v) is 9.70. The average molecular weight is 255 g/mol. The van der Waals surface area contributed by atoms with Crippen molar-refractivity contribution in [3.8, 4) is 17.7 Å². The molecule has 0 amide bonds. The number of aromatic carboxylic acids is 1. The van der Waals surface area contributed by atoms with Gasteiger partial charge in [0.15, 0.2) is 0 Å². The number of nitrogens with two attached hydrogens (primary N) is 1. The van der Waals surface area contributed by atoms with Gasteiger partial charge in [-0.15, -0.1) is 0 Å². The van der Waals surface area contributed by atoms with E-state index in [-0.39, 0.29) is 17.1 Å². The number of anilines is 1. The molecule has 6 heteroatoms. The molecule has 2 aromatic rings. The molecule has 0 radical (unpaired) electrons. The lowest BCUT2D eigenvalue weighted by atomic mass is 10.2. The normalized spacial score (nSPS) is 9.63. The highest BCUT2D eigenvalue weighted by Crippen LogP contribution is 2.27. The van der Waals surface area contributed by atoms with Crippen molar-refractivity contribution in [2.45, 2.75) is 0 Å². The van der Waals surface area contributed by atoms with E-state index in [1.165, 1.54) is 18.3 Å². The summed E-state index contributed by atoms with van der Waals surface area (Å²) in [5.41, 5.74) is 5.95. The minimum atomic E-state index is -1.16. The van der Waals surface area contributed by atoms with Gasteiger partial charge >= 0.3 is 5.97 Å². The summed E-state index contributed by atoms with van der Waals surface area (Å²) in [6.07, 6.45) is 1.29. The minimum absolute atomic E-state index is 0.00464. The van der Waals surface area contributed by atoms with Crippen molar-refractivity contribution in [1.29, 1.82) is 5.26 Å². The number of carboxylic acid groups (broad SMARTS) is 1. The number of ether oxygens (including phenoxy) is 1. The van der Waals surface area contributed by atoms with Gasteiger partial charge in [0.25, 0.3) is 0 Å². The molecule has 19 heavy (non-hydrogen) atoms. The van der Waals surface area contributed by atoms with Crippen molar-refractivity contribution in [3.63, 3.8) is 0 Å². The van der Waals surface area contributed by atoms with Crippen LogP contribution in [0.2, 0.25) is 0 Å². The van der Waals surface area contributed by atoms with Crippen LogP contribution in [-0.4, -0.2) is 16.1 Å². The molecule has 2 rings (SSSR count). The summed E-state index contributed by atoms with van der Waals surface area (Å²) >= 11 is 0. The van der Waals surface area contributed by atoms with Gasteiger partial charge in [0.1, 0.15) is 11.4 Å². The van der Waals surface area contributed by atoms with Gasteiger partial charge in [-0.05, 0) is 24.3 Å². The predicted molar refractivity (Wildman–Crippen MR) is 66.8 cm³/mol. The van der Waals surface area contributed by atoms with Crippen molar-refractivity contribution in [3.05, 3.63) is 47.7 Å². The average Bonchev–Trinajstić information content (AvgIpc) is 2.41. The Balaban J connectivity index is 2.36. The lowest BCUT2D eigenvalue weighted by Crippen LogP contribution is -2.05. The van der Waals surface area contributed by atoms with Crippen LogP contribution in [0.25, 0.3) is 0 Å². The van der Waals surface area contributed by atoms with Gasteiger partial charge < -0.3 is 15.6 Å². The third-order valence-electron chi connectivity index (χ3n) is 2.36. The maximum absolute atomic E-state index is 10.9. The number of nitrogen functional groups attached to an aromatic ring is 1. The number of rotatable bonds is 3. The first kappa shape index (κ1) is 12.4. The van der Waals surface area contributed by atoms with Crippen LogP contribution < -0.4 is 10.5 Å². The fraction of sp³-hybridized carbons (Fsp3) is 0. The zero-order chi connectivity index (χ0) is 13.8. The van der Waals surface area contributed by atoms with E-state index in [0.717, 1.165) is 0 Å². The van der Waals surface area contributed by atoms with E-state index in [4.69, 9.17) is 20.8 Å². The Kier molecular flexibility index (Phi) is 3.30. The van der Waals surface area contributed by atoms with Gasteiger partial charge in [0.05, 0.1) is 17.2 Å². The molecule has 0 aliphatic carbocycles. The molecule has 1 aromatic heterocycles. The molecule has 94 valence electrons. The fourth-order valence-corrected chi connectivity index (χ4v) is 1.46. The zero-order valence-electron chi connectivity index (χ0n) is 9.70. The number of pyridine rings is 1. The number of carbonyl (C=O) groups is 1. The Bertz CT molecular complexity index is 677. The molecule has 0 saturated heterocycles. The van der Waals surface area contributed by atoms with E-state index in [1.54, 1.807) is 18.2 Å². The molecule has 0 bridgehead atoms. The number of nitrogens with zero attached hydrogens (tertiary/aromatic N) is 2. The van der Waals surface area contributed by atoms with Crippen molar-refractivity contribution >= 4 is 11.7 Å². The van der Waals surface area contributed by atoms with Crippen molar-refractivity contribution in [2.75, 3.05) is 5.73 Å². The van der Waals surface area contributed by atoms with E-state index in [2.05, 4.69) is 4.98 Å². The van der Waals surface area contributed by atoms with Crippen LogP contribution in [0.1, 0.15) is 15.9 Å². The van der Waals surface area contributed by atoms with Crippen LogP contribution in [0.5, 0.6) is 11.6 Å². The van der Waals surface area contributed by atoms with Crippen molar-refractivity contribution < 1.29 is 14.6 Å². The second-order valence-electron chi connectivity index (χ2n) is 3.62. The summed E-state index contributed by atoms with van der Waals surface area (Å²) in [7, 11) is 0. The van der Waals surface area contributed by atoms with Crippen molar-refractivity contribution in [2.24, 2.45) is 0 Å².